The summed E-state index contributed by atoms with van der Waals surface area (Å²) in [7, 11) is -3.96. The van der Waals surface area contributed by atoms with Crippen LogP contribution >= 0.6 is 34.8 Å². The molecule has 0 aliphatic carbocycles. The largest absolute Gasteiger partial charge is 0.339 e. The van der Waals surface area contributed by atoms with E-state index >= 15 is 0 Å². The summed E-state index contributed by atoms with van der Waals surface area (Å²) in [6.45, 7) is 3.29. The molecule has 0 aromatic heterocycles. The zero-order chi connectivity index (χ0) is 15.9. The number of rotatable bonds is 5. The van der Waals surface area contributed by atoms with Gasteiger partial charge in [-0.3, -0.25) is 4.18 Å². The number of hydrogen-bond acceptors (Lipinski definition) is 3. The molecule has 0 amide bonds. The van der Waals surface area contributed by atoms with Crippen LogP contribution in [0, 0.1) is 0 Å². The first-order valence-corrected chi connectivity index (χ1v) is 8.92. The quantitative estimate of drug-likeness (QED) is 0.582. The second kappa shape index (κ2) is 5.87. The molecule has 2 rings (SSSR count). The second-order valence-corrected chi connectivity index (χ2v) is 9.16. The van der Waals surface area contributed by atoms with E-state index in [1.165, 1.54) is 4.31 Å². The van der Waals surface area contributed by atoms with Crippen LogP contribution in [0.2, 0.25) is 0 Å². The molecule has 0 saturated carbocycles. The monoisotopic (exact) mass is 371 g/mol. The van der Waals surface area contributed by atoms with Gasteiger partial charge >= 0.3 is 10.3 Å². The molecule has 4 nitrogen and oxygen atoms in total. The van der Waals surface area contributed by atoms with Crippen molar-refractivity contribution in [1.29, 1.82) is 0 Å². The molecule has 8 heteroatoms. The van der Waals surface area contributed by atoms with E-state index < -0.39 is 26.2 Å². The third kappa shape index (κ3) is 3.66. The Hall–Kier alpha value is -0.0400. The average Bonchev–Trinajstić information content (AvgIpc) is 3.05. The molecule has 1 aliphatic rings. The highest BCUT2D eigenvalue weighted by molar-refractivity contribution is 7.84. The Morgan fingerprint density at radius 3 is 2.33 bits per heavy atom. The van der Waals surface area contributed by atoms with E-state index in [1.54, 1.807) is 0 Å². The predicted molar refractivity (Wildman–Crippen MR) is 84.9 cm³/mol. The minimum absolute atomic E-state index is 0.260. The fraction of sp³-hybridized carbons (Fsp3) is 0.538. The molecule has 21 heavy (non-hydrogen) atoms. The van der Waals surface area contributed by atoms with Crippen LogP contribution in [0.5, 0.6) is 0 Å². The highest BCUT2D eigenvalue weighted by Gasteiger charge is 2.65. The van der Waals surface area contributed by atoms with Gasteiger partial charge in [-0.2, -0.15) is 12.7 Å². The maximum atomic E-state index is 12.3. The maximum Gasteiger partial charge on any atom is 0.339 e. The number of halogens is 3. The van der Waals surface area contributed by atoms with Gasteiger partial charge in [0.15, 0.2) is 0 Å². The summed E-state index contributed by atoms with van der Waals surface area (Å²) in [5.41, 5.74) is 0.399. The Kier molecular flexibility index (Phi) is 4.84. The average molecular weight is 373 g/mol. The van der Waals surface area contributed by atoms with E-state index in [1.807, 2.05) is 44.2 Å². The number of nitrogens with zero attached hydrogens (tertiary/aromatic N) is 1. The minimum atomic E-state index is -3.96. The van der Waals surface area contributed by atoms with E-state index in [4.69, 9.17) is 39.0 Å². The van der Waals surface area contributed by atoms with Gasteiger partial charge in [0, 0.05) is 0 Å². The van der Waals surface area contributed by atoms with Crippen molar-refractivity contribution in [3.05, 3.63) is 35.9 Å². The molecule has 1 aliphatic heterocycles. The molecule has 0 radical (unpaired) electrons. The van der Waals surface area contributed by atoms with Crippen molar-refractivity contribution in [3.8, 4) is 0 Å². The lowest BCUT2D eigenvalue weighted by atomic mass is 9.99. The molecular weight excluding hydrogens is 357 g/mol. The van der Waals surface area contributed by atoms with Crippen LogP contribution < -0.4 is 0 Å². The lowest BCUT2D eigenvalue weighted by molar-refractivity contribution is 0.297. The highest BCUT2D eigenvalue weighted by Crippen LogP contribution is 2.57. The molecule has 118 valence electrons. The van der Waals surface area contributed by atoms with Gasteiger partial charge in [0.2, 0.25) is 3.79 Å². The van der Waals surface area contributed by atoms with Gasteiger partial charge in [0.05, 0.1) is 11.6 Å². The summed E-state index contributed by atoms with van der Waals surface area (Å²) in [6.07, 6.45) is 0.656. The van der Waals surface area contributed by atoms with Gasteiger partial charge in [0.1, 0.15) is 6.61 Å². The Balaban J connectivity index is 2.23. The molecule has 1 fully saturated rings. The van der Waals surface area contributed by atoms with Gasteiger partial charge < -0.3 is 0 Å². The fourth-order valence-corrected chi connectivity index (χ4v) is 4.56. The smallest absolute Gasteiger partial charge is 0.253 e. The molecule has 0 N–H and O–H groups in total. The molecule has 3 unspecified atom stereocenters. The number of alkyl halides is 3. The first kappa shape index (κ1) is 17.3. The maximum absolute atomic E-state index is 12.3. The lowest BCUT2D eigenvalue weighted by Gasteiger charge is -2.13. The topological polar surface area (TPSA) is 46.4 Å². The van der Waals surface area contributed by atoms with Crippen LogP contribution in [0.25, 0.3) is 0 Å². The van der Waals surface area contributed by atoms with Crippen molar-refractivity contribution >= 4 is 45.1 Å². The molecule has 1 aromatic rings. The molecular formula is C13H16Cl3NO3S. The summed E-state index contributed by atoms with van der Waals surface area (Å²) >= 11 is 16.6. The van der Waals surface area contributed by atoms with E-state index in [0.29, 0.717) is 6.42 Å². The van der Waals surface area contributed by atoms with Crippen molar-refractivity contribution in [3.63, 3.8) is 0 Å². The molecule has 3 atom stereocenters. The van der Waals surface area contributed by atoms with Crippen molar-refractivity contribution < 1.29 is 12.6 Å². The van der Waals surface area contributed by atoms with Crippen molar-refractivity contribution in [2.24, 2.45) is 0 Å². The highest BCUT2D eigenvalue weighted by atomic mass is 35.6. The molecule has 0 bridgehead atoms. The van der Waals surface area contributed by atoms with Gasteiger partial charge in [-0.1, -0.05) is 72.1 Å². The Morgan fingerprint density at radius 1 is 1.29 bits per heavy atom. The van der Waals surface area contributed by atoms with Gasteiger partial charge in [-0.15, -0.1) is 0 Å². The summed E-state index contributed by atoms with van der Waals surface area (Å²) in [6, 6.07) is 9.15. The predicted octanol–water partition coefficient (Wildman–Crippen LogP) is 3.84. The second-order valence-electron chi connectivity index (χ2n) is 5.15. The van der Waals surface area contributed by atoms with Gasteiger partial charge in [0.25, 0.3) is 0 Å². The Labute approximate surface area is 140 Å². The molecule has 1 aromatic carbocycles. The lowest BCUT2D eigenvalue weighted by Crippen LogP contribution is -2.26. The zero-order valence-corrected chi connectivity index (χ0v) is 14.7. The SMILES string of the molecule is CCC1(C)C(c2ccccc2)N1S(=O)(=O)OCC(Cl)(Cl)Cl. The first-order valence-electron chi connectivity index (χ1n) is 6.42. The van der Waals surface area contributed by atoms with E-state index in [2.05, 4.69) is 0 Å². The van der Waals surface area contributed by atoms with Gasteiger partial charge in [-0.05, 0) is 18.9 Å². The third-order valence-corrected chi connectivity index (χ3v) is 5.56. The van der Waals surface area contributed by atoms with E-state index in [0.717, 1.165) is 5.56 Å². The fourth-order valence-electron chi connectivity index (χ4n) is 2.46. The van der Waals surface area contributed by atoms with Crippen molar-refractivity contribution in [2.75, 3.05) is 6.61 Å². The summed E-state index contributed by atoms with van der Waals surface area (Å²) in [5, 5.41) is 0. The van der Waals surface area contributed by atoms with Crippen LogP contribution in [0.3, 0.4) is 0 Å². The number of hydrogen-bond donors (Lipinski definition) is 0. The first-order chi connectivity index (χ1) is 9.62. The zero-order valence-electron chi connectivity index (χ0n) is 11.6. The summed E-state index contributed by atoms with van der Waals surface area (Å²) < 4.78 is 29.1. The normalized spacial score (nSPS) is 29.4. The molecule has 1 heterocycles. The van der Waals surface area contributed by atoms with Crippen LogP contribution in [-0.2, 0) is 14.5 Å². The standard InChI is InChI=1S/C13H16Cl3NO3S/c1-3-12(2)11(10-7-5-4-6-8-10)17(12)21(18,19)20-9-13(14,15)16/h4-8,11H,3,9H2,1-2H3. The molecule has 1 saturated heterocycles. The van der Waals surface area contributed by atoms with Crippen LogP contribution in [0.15, 0.2) is 30.3 Å². The van der Waals surface area contributed by atoms with Crippen LogP contribution in [-0.4, -0.2) is 28.7 Å². The summed E-state index contributed by atoms with van der Waals surface area (Å²) in [5.74, 6) is 0. The van der Waals surface area contributed by atoms with E-state index in [-0.39, 0.29) is 6.04 Å². The summed E-state index contributed by atoms with van der Waals surface area (Å²) in [4.78, 5) is 0. The molecule has 0 spiro atoms. The van der Waals surface area contributed by atoms with Crippen molar-refractivity contribution in [2.45, 2.75) is 35.6 Å². The Morgan fingerprint density at radius 2 is 1.86 bits per heavy atom. The Bertz CT molecular complexity index is 603. The van der Waals surface area contributed by atoms with Crippen LogP contribution in [0.4, 0.5) is 0 Å². The number of benzene rings is 1. The van der Waals surface area contributed by atoms with E-state index in [9.17, 15) is 8.42 Å². The third-order valence-electron chi connectivity index (χ3n) is 3.70. The van der Waals surface area contributed by atoms with Gasteiger partial charge in [-0.25, -0.2) is 0 Å². The minimum Gasteiger partial charge on any atom is -0.253 e. The van der Waals surface area contributed by atoms with Crippen LogP contribution in [0.1, 0.15) is 31.9 Å². The van der Waals surface area contributed by atoms with Crippen molar-refractivity contribution in [1.82, 2.24) is 4.31 Å².